The highest BCUT2D eigenvalue weighted by Crippen LogP contribution is 2.28. The van der Waals surface area contributed by atoms with Gasteiger partial charge in [-0.2, -0.15) is 4.31 Å². The van der Waals surface area contributed by atoms with E-state index in [0.717, 1.165) is 53.5 Å². The van der Waals surface area contributed by atoms with Crippen molar-refractivity contribution in [3.63, 3.8) is 0 Å². The minimum absolute atomic E-state index is 0.0290. The molecule has 1 aliphatic carbocycles. The number of aromatic nitrogens is 2. The fourth-order valence-electron chi connectivity index (χ4n) is 4.64. The van der Waals surface area contributed by atoms with Gasteiger partial charge in [-0.1, -0.05) is 12.1 Å². The number of sulfonamides is 1. The fourth-order valence-corrected chi connectivity index (χ4v) is 6.21. The molecule has 1 saturated heterocycles. The lowest BCUT2D eigenvalue weighted by atomic mass is 10.1. The zero-order valence-corrected chi connectivity index (χ0v) is 24.9. The first-order chi connectivity index (χ1) is 22.1. The lowest BCUT2D eigenvalue weighted by Crippen LogP contribution is -2.60. The summed E-state index contributed by atoms with van der Waals surface area (Å²) in [5.41, 5.74) is 0.446. The molecule has 2 amide bonds. The molecule has 47 heavy (non-hydrogen) atoms. The van der Waals surface area contributed by atoms with Gasteiger partial charge in [-0.05, 0) is 66.9 Å². The van der Waals surface area contributed by atoms with Crippen molar-refractivity contribution in [2.45, 2.75) is 49.1 Å². The Morgan fingerprint density at radius 3 is 1.96 bits per heavy atom. The first-order valence-electron chi connectivity index (χ1n) is 14.0. The van der Waals surface area contributed by atoms with Gasteiger partial charge >= 0.3 is 12.7 Å². The molecule has 252 valence electrons. The van der Waals surface area contributed by atoms with E-state index in [4.69, 9.17) is 0 Å². The molecule has 3 aromatic rings. The van der Waals surface area contributed by atoms with Gasteiger partial charge in [-0.25, -0.2) is 8.42 Å². The third-order valence-electron chi connectivity index (χ3n) is 7.04. The number of rotatable bonds is 10. The second kappa shape index (κ2) is 13.2. The van der Waals surface area contributed by atoms with Crippen LogP contribution in [0.25, 0.3) is 0 Å². The number of carbonyl (C=O) groups excluding carboxylic acids is 2. The average molecular weight is 689 g/mol. The van der Waals surface area contributed by atoms with E-state index in [2.05, 4.69) is 30.3 Å². The van der Waals surface area contributed by atoms with Crippen LogP contribution in [0.2, 0.25) is 0 Å². The number of amides is 2. The van der Waals surface area contributed by atoms with E-state index in [0.29, 0.717) is 5.56 Å². The maximum Gasteiger partial charge on any atom is 0.573 e. The zero-order valence-electron chi connectivity index (χ0n) is 24.1. The van der Waals surface area contributed by atoms with E-state index in [9.17, 15) is 44.3 Å². The summed E-state index contributed by atoms with van der Waals surface area (Å²) in [6.45, 7) is -0.651. The predicted octanol–water partition coefficient (Wildman–Crippen LogP) is 3.36. The van der Waals surface area contributed by atoms with Crippen LogP contribution in [0.3, 0.4) is 0 Å². The number of carbonyl (C=O) groups is 2. The molecule has 0 radical (unpaired) electrons. The first kappa shape index (κ1) is 33.7. The zero-order chi connectivity index (χ0) is 34.0. The highest BCUT2D eigenvalue weighted by Gasteiger charge is 2.41. The number of anilines is 1. The fraction of sp³-hybridized carbons (Fsp3) is 0.357. The molecule has 2 N–H and O–H groups in total. The van der Waals surface area contributed by atoms with Crippen LogP contribution < -0.4 is 25.0 Å². The molecule has 1 aromatic heterocycles. The lowest BCUT2D eigenvalue weighted by Gasteiger charge is -2.40. The Kier molecular flexibility index (Phi) is 9.48. The van der Waals surface area contributed by atoms with Crippen molar-refractivity contribution in [3.05, 3.63) is 71.9 Å². The van der Waals surface area contributed by atoms with Gasteiger partial charge in [0.25, 0.3) is 5.91 Å². The van der Waals surface area contributed by atoms with Gasteiger partial charge in [0, 0.05) is 32.2 Å². The molecular weight excluding hydrogens is 662 g/mol. The van der Waals surface area contributed by atoms with Crippen molar-refractivity contribution in [2.24, 2.45) is 0 Å². The Morgan fingerprint density at radius 1 is 0.830 bits per heavy atom. The SMILES string of the molecule is O=C(NC1CC1)c1ccc(N2CCN(S(=O)(=O)c3ccc(OC(F)(F)F)cc3)[C@@H](C(=O)NCc3ccc(OC(F)(F)F)cc3)C2)nn1. The van der Waals surface area contributed by atoms with Crippen molar-refractivity contribution >= 4 is 27.7 Å². The van der Waals surface area contributed by atoms with Crippen LogP contribution in [0, 0.1) is 0 Å². The summed E-state index contributed by atoms with van der Waals surface area (Å²) in [5.74, 6) is -2.05. The Balaban J connectivity index is 1.34. The summed E-state index contributed by atoms with van der Waals surface area (Å²) in [7, 11) is -4.45. The minimum Gasteiger partial charge on any atom is -0.406 e. The van der Waals surface area contributed by atoms with E-state index < -0.39 is 57.0 Å². The third kappa shape index (κ3) is 9.00. The standard InChI is InChI=1S/C28H26F6N6O6S/c29-27(30,31)45-19-5-1-17(2-6-19)15-35-26(42)23-16-39(24-12-11-22(37-38-24)25(41)36-18-3-4-18)13-14-40(23)47(43,44)21-9-7-20(8-10-21)46-28(32,33)34/h1-2,5-12,18,23H,3-4,13-16H2,(H,35,42)(H,36,41)/t23-/m1/s1. The van der Waals surface area contributed by atoms with Gasteiger partial charge in [-0.15, -0.1) is 36.5 Å². The van der Waals surface area contributed by atoms with Gasteiger partial charge in [0.15, 0.2) is 11.5 Å². The number of piperazine rings is 1. The maximum atomic E-state index is 13.7. The Labute approximate surface area is 263 Å². The number of ether oxygens (including phenoxy) is 2. The molecular formula is C28H26F6N6O6S. The normalized spacial score (nSPS) is 17.6. The Hall–Kier alpha value is -4.65. The quantitative estimate of drug-likeness (QED) is 0.307. The smallest absolute Gasteiger partial charge is 0.406 e. The molecule has 0 unspecified atom stereocenters. The summed E-state index contributed by atoms with van der Waals surface area (Å²) in [6.07, 6.45) is -8.14. The summed E-state index contributed by atoms with van der Waals surface area (Å²) in [5, 5.41) is 13.4. The summed E-state index contributed by atoms with van der Waals surface area (Å²) < 4.78 is 111. The number of alkyl halides is 6. The number of nitrogens with one attached hydrogen (secondary N) is 2. The number of hydrogen-bond acceptors (Lipinski definition) is 9. The van der Waals surface area contributed by atoms with Crippen molar-refractivity contribution in [1.29, 1.82) is 0 Å². The van der Waals surface area contributed by atoms with E-state index >= 15 is 0 Å². The highest BCUT2D eigenvalue weighted by atomic mass is 32.2. The summed E-state index contributed by atoms with van der Waals surface area (Å²) in [6, 6.07) is 9.79. The molecule has 2 aromatic carbocycles. The molecule has 19 heteroatoms. The molecule has 1 atom stereocenters. The van der Waals surface area contributed by atoms with Crippen LogP contribution in [0.5, 0.6) is 11.5 Å². The van der Waals surface area contributed by atoms with Crippen LogP contribution >= 0.6 is 0 Å². The van der Waals surface area contributed by atoms with Crippen molar-refractivity contribution in [1.82, 2.24) is 25.1 Å². The van der Waals surface area contributed by atoms with E-state index in [1.165, 1.54) is 24.3 Å². The lowest BCUT2D eigenvalue weighted by molar-refractivity contribution is -0.275. The number of hydrogen-bond donors (Lipinski definition) is 2. The van der Waals surface area contributed by atoms with Crippen LogP contribution in [-0.2, 0) is 21.4 Å². The number of benzene rings is 2. The van der Waals surface area contributed by atoms with Gasteiger partial charge in [0.05, 0.1) is 4.90 Å². The van der Waals surface area contributed by atoms with E-state index in [1.54, 1.807) is 4.90 Å². The molecule has 0 bridgehead atoms. The topological polar surface area (TPSA) is 143 Å². The predicted molar refractivity (Wildman–Crippen MR) is 151 cm³/mol. The second-order valence-electron chi connectivity index (χ2n) is 10.5. The molecule has 2 aliphatic rings. The van der Waals surface area contributed by atoms with Gasteiger partial charge in [-0.3, -0.25) is 9.59 Å². The van der Waals surface area contributed by atoms with Crippen LogP contribution in [0.15, 0.2) is 65.6 Å². The molecule has 12 nitrogen and oxygen atoms in total. The van der Waals surface area contributed by atoms with Crippen LogP contribution in [-0.4, -0.2) is 79.2 Å². The van der Waals surface area contributed by atoms with Gasteiger partial charge in [0.2, 0.25) is 15.9 Å². The summed E-state index contributed by atoms with van der Waals surface area (Å²) in [4.78, 5) is 27.0. The van der Waals surface area contributed by atoms with Crippen molar-refractivity contribution < 1.29 is 53.8 Å². The van der Waals surface area contributed by atoms with Crippen molar-refractivity contribution in [2.75, 3.05) is 24.5 Å². The monoisotopic (exact) mass is 688 g/mol. The summed E-state index contributed by atoms with van der Waals surface area (Å²) >= 11 is 0. The largest absolute Gasteiger partial charge is 0.573 e. The number of halogens is 6. The van der Waals surface area contributed by atoms with Crippen molar-refractivity contribution in [3.8, 4) is 11.5 Å². The van der Waals surface area contributed by atoms with Crippen LogP contribution in [0.4, 0.5) is 32.2 Å². The average Bonchev–Trinajstić information content (AvgIpc) is 3.83. The molecule has 5 rings (SSSR count). The molecule has 1 aliphatic heterocycles. The third-order valence-corrected chi connectivity index (χ3v) is 8.96. The minimum atomic E-state index is -4.99. The van der Waals surface area contributed by atoms with E-state index in [-0.39, 0.29) is 43.7 Å². The maximum absolute atomic E-state index is 13.7. The Morgan fingerprint density at radius 2 is 1.43 bits per heavy atom. The second-order valence-corrected chi connectivity index (χ2v) is 12.4. The molecule has 1 saturated carbocycles. The van der Waals surface area contributed by atoms with Gasteiger partial charge < -0.3 is 25.0 Å². The molecule has 2 heterocycles. The van der Waals surface area contributed by atoms with Crippen LogP contribution in [0.1, 0.15) is 28.9 Å². The Bertz CT molecular complexity index is 1690. The molecule has 0 spiro atoms. The van der Waals surface area contributed by atoms with Gasteiger partial charge in [0.1, 0.15) is 17.5 Å². The first-order valence-corrected chi connectivity index (χ1v) is 15.4. The molecule has 2 fully saturated rings. The van der Waals surface area contributed by atoms with E-state index in [1.807, 2.05) is 0 Å². The highest BCUT2D eigenvalue weighted by molar-refractivity contribution is 7.89. The number of nitrogens with zero attached hydrogens (tertiary/aromatic N) is 4.